The van der Waals surface area contributed by atoms with E-state index in [0.717, 1.165) is 0 Å². The average molecular weight is 311 g/mol. The van der Waals surface area contributed by atoms with E-state index in [1.54, 1.807) is 0 Å². The van der Waals surface area contributed by atoms with Crippen molar-refractivity contribution < 1.29 is 28.5 Å². The van der Waals surface area contributed by atoms with E-state index in [0.29, 0.717) is 11.5 Å². The molecule has 1 rings (SSSR count). The van der Waals surface area contributed by atoms with E-state index >= 15 is 0 Å². The molecule has 1 N–H and O–H groups in total. The van der Waals surface area contributed by atoms with Gasteiger partial charge in [-0.15, -0.1) is 0 Å². The number of esters is 1. The van der Waals surface area contributed by atoms with Gasteiger partial charge in [0.25, 0.3) is 5.91 Å². The summed E-state index contributed by atoms with van der Waals surface area (Å²) >= 11 is 0. The third-order valence-corrected chi connectivity index (χ3v) is 2.71. The maximum absolute atomic E-state index is 12.1. The van der Waals surface area contributed by atoms with Gasteiger partial charge >= 0.3 is 5.97 Å². The van der Waals surface area contributed by atoms with Gasteiger partial charge in [-0.25, -0.2) is 4.79 Å². The molecular formula is C15H21NO6. The van der Waals surface area contributed by atoms with Crippen LogP contribution in [0.1, 0.15) is 24.2 Å². The first-order valence-electron chi connectivity index (χ1n) is 6.69. The number of methoxy groups -OCH3 is 3. The number of carbonyl (C=O) groups excluding carboxylic acids is 2. The lowest BCUT2D eigenvalue weighted by atomic mass is 10.1. The quantitative estimate of drug-likeness (QED) is 0.766. The normalized spacial score (nSPS) is 10.1. The van der Waals surface area contributed by atoms with Crippen molar-refractivity contribution in [1.82, 2.24) is 5.32 Å². The summed E-state index contributed by atoms with van der Waals surface area (Å²) in [5.74, 6) is 0.00162. The van der Waals surface area contributed by atoms with Gasteiger partial charge in [-0.05, 0) is 13.8 Å². The van der Waals surface area contributed by atoms with E-state index in [2.05, 4.69) is 5.32 Å². The minimum atomic E-state index is -0.684. The van der Waals surface area contributed by atoms with Crippen molar-refractivity contribution in [3.8, 4) is 17.2 Å². The second-order valence-electron chi connectivity index (χ2n) is 4.71. The first-order valence-corrected chi connectivity index (χ1v) is 6.69. The molecule has 0 heterocycles. The van der Waals surface area contributed by atoms with Crippen LogP contribution in [0.25, 0.3) is 0 Å². The zero-order valence-electron chi connectivity index (χ0n) is 13.4. The Hall–Kier alpha value is -2.44. The molecule has 1 amide bonds. The van der Waals surface area contributed by atoms with Crippen LogP contribution in [0.15, 0.2) is 12.1 Å². The molecule has 0 atom stereocenters. The van der Waals surface area contributed by atoms with Gasteiger partial charge in [0.2, 0.25) is 0 Å². The van der Waals surface area contributed by atoms with Crippen molar-refractivity contribution in [2.24, 2.45) is 0 Å². The number of hydrogen-bond acceptors (Lipinski definition) is 6. The van der Waals surface area contributed by atoms with Gasteiger partial charge in [0.15, 0.2) is 18.1 Å². The molecule has 0 fully saturated rings. The Morgan fingerprint density at radius 1 is 1.00 bits per heavy atom. The summed E-state index contributed by atoms with van der Waals surface area (Å²) < 4.78 is 20.4. The Bertz CT molecular complexity index is 541. The van der Waals surface area contributed by atoms with Crippen molar-refractivity contribution in [2.45, 2.75) is 19.9 Å². The van der Waals surface area contributed by atoms with E-state index in [-0.39, 0.29) is 29.9 Å². The van der Waals surface area contributed by atoms with Crippen LogP contribution in [-0.2, 0) is 9.53 Å². The van der Waals surface area contributed by atoms with Gasteiger partial charge in [0.1, 0.15) is 11.3 Å². The third-order valence-electron chi connectivity index (χ3n) is 2.71. The average Bonchev–Trinajstić information content (AvgIpc) is 2.50. The number of amides is 1. The summed E-state index contributed by atoms with van der Waals surface area (Å²) in [4.78, 5) is 23.6. The van der Waals surface area contributed by atoms with Gasteiger partial charge in [-0.2, -0.15) is 0 Å². The third kappa shape index (κ3) is 4.54. The van der Waals surface area contributed by atoms with E-state index < -0.39 is 5.97 Å². The van der Waals surface area contributed by atoms with Crippen LogP contribution in [0.5, 0.6) is 17.2 Å². The fourth-order valence-corrected chi connectivity index (χ4v) is 1.76. The number of hydrogen-bond donors (Lipinski definition) is 1. The molecule has 0 saturated carbocycles. The van der Waals surface area contributed by atoms with E-state index in [1.165, 1.54) is 33.5 Å². The Balaban J connectivity index is 2.90. The van der Waals surface area contributed by atoms with E-state index in [9.17, 15) is 9.59 Å². The monoisotopic (exact) mass is 311 g/mol. The molecule has 122 valence electrons. The Kier molecular flexibility index (Phi) is 6.49. The molecule has 0 bridgehead atoms. The molecule has 1 aromatic carbocycles. The lowest BCUT2D eigenvalue weighted by Gasteiger charge is -2.14. The zero-order chi connectivity index (χ0) is 16.7. The Morgan fingerprint density at radius 3 is 2.05 bits per heavy atom. The number of nitrogens with one attached hydrogen (secondary N) is 1. The molecule has 22 heavy (non-hydrogen) atoms. The molecule has 0 spiro atoms. The molecule has 0 aliphatic rings. The standard InChI is InChI=1S/C15H21NO6/c1-9(2)16-14(17)8-22-15(18)10-6-12(20-4)13(21-5)7-11(10)19-3/h6-7,9H,8H2,1-5H3,(H,16,17). The minimum absolute atomic E-state index is 0.0261. The molecule has 7 nitrogen and oxygen atoms in total. The summed E-state index contributed by atoms with van der Waals surface area (Å²) in [7, 11) is 4.35. The number of rotatable bonds is 7. The summed E-state index contributed by atoms with van der Waals surface area (Å²) in [6.45, 7) is 3.27. The number of carbonyl (C=O) groups is 2. The van der Waals surface area contributed by atoms with Crippen molar-refractivity contribution in [3.05, 3.63) is 17.7 Å². The number of ether oxygens (including phenoxy) is 4. The molecule has 7 heteroatoms. The van der Waals surface area contributed by atoms with Crippen LogP contribution in [0, 0.1) is 0 Å². The van der Waals surface area contributed by atoms with Crippen LogP contribution in [0.4, 0.5) is 0 Å². The van der Waals surface area contributed by atoms with E-state index in [1.807, 2.05) is 13.8 Å². The molecule has 0 unspecified atom stereocenters. The molecule has 0 aliphatic carbocycles. The highest BCUT2D eigenvalue weighted by molar-refractivity contribution is 5.95. The lowest BCUT2D eigenvalue weighted by molar-refractivity contribution is -0.124. The first-order chi connectivity index (χ1) is 10.4. The first kappa shape index (κ1) is 17.6. The fourth-order valence-electron chi connectivity index (χ4n) is 1.76. The minimum Gasteiger partial charge on any atom is -0.496 e. The molecule has 0 radical (unpaired) electrons. The smallest absolute Gasteiger partial charge is 0.342 e. The second-order valence-corrected chi connectivity index (χ2v) is 4.71. The summed E-state index contributed by atoms with van der Waals surface area (Å²) in [6, 6.07) is 2.94. The van der Waals surface area contributed by atoms with Gasteiger partial charge in [-0.3, -0.25) is 4.79 Å². The van der Waals surface area contributed by atoms with Crippen molar-refractivity contribution >= 4 is 11.9 Å². The Morgan fingerprint density at radius 2 is 1.55 bits per heavy atom. The van der Waals surface area contributed by atoms with Crippen molar-refractivity contribution in [1.29, 1.82) is 0 Å². The molecule has 0 saturated heterocycles. The highest BCUT2D eigenvalue weighted by atomic mass is 16.5. The molecule has 1 aromatic rings. The largest absolute Gasteiger partial charge is 0.496 e. The van der Waals surface area contributed by atoms with Gasteiger partial charge in [0, 0.05) is 18.2 Å². The van der Waals surface area contributed by atoms with Crippen LogP contribution in [0.3, 0.4) is 0 Å². The van der Waals surface area contributed by atoms with Crippen LogP contribution >= 0.6 is 0 Å². The Labute approximate surface area is 129 Å². The highest BCUT2D eigenvalue weighted by Gasteiger charge is 2.19. The van der Waals surface area contributed by atoms with Crippen LogP contribution in [-0.4, -0.2) is 45.9 Å². The van der Waals surface area contributed by atoms with E-state index in [4.69, 9.17) is 18.9 Å². The van der Waals surface area contributed by atoms with Gasteiger partial charge < -0.3 is 24.3 Å². The molecule has 0 aliphatic heterocycles. The summed E-state index contributed by atoms with van der Waals surface area (Å²) in [6.07, 6.45) is 0. The second kappa shape index (κ2) is 8.11. The number of benzene rings is 1. The van der Waals surface area contributed by atoms with Crippen molar-refractivity contribution in [3.63, 3.8) is 0 Å². The van der Waals surface area contributed by atoms with Crippen LogP contribution in [0.2, 0.25) is 0 Å². The van der Waals surface area contributed by atoms with Gasteiger partial charge in [0.05, 0.1) is 21.3 Å². The predicted molar refractivity (Wildman–Crippen MR) is 79.7 cm³/mol. The zero-order valence-corrected chi connectivity index (χ0v) is 13.4. The topological polar surface area (TPSA) is 83.1 Å². The van der Waals surface area contributed by atoms with Crippen LogP contribution < -0.4 is 19.5 Å². The molecule has 0 aromatic heterocycles. The summed E-state index contributed by atoms with van der Waals surface area (Å²) in [5, 5.41) is 2.63. The molecular weight excluding hydrogens is 290 g/mol. The highest BCUT2D eigenvalue weighted by Crippen LogP contribution is 2.34. The SMILES string of the molecule is COc1cc(OC)c(C(=O)OCC(=O)NC(C)C)cc1OC. The maximum atomic E-state index is 12.1. The lowest BCUT2D eigenvalue weighted by Crippen LogP contribution is -2.34. The van der Waals surface area contributed by atoms with Crippen molar-refractivity contribution in [2.75, 3.05) is 27.9 Å². The maximum Gasteiger partial charge on any atom is 0.342 e. The van der Waals surface area contributed by atoms with Gasteiger partial charge in [-0.1, -0.05) is 0 Å². The predicted octanol–water partition coefficient (Wildman–Crippen LogP) is 1.39. The fraction of sp³-hybridized carbons (Fsp3) is 0.467. The summed E-state index contributed by atoms with van der Waals surface area (Å²) in [5.41, 5.74) is 0.150.